The van der Waals surface area contributed by atoms with Crippen molar-refractivity contribution in [1.82, 2.24) is 30.0 Å². The van der Waals surface area contributed by atoms with Gasteiger partial charge in [-0.1, -0.05) is 47.7 Å². The van der Waals surface area contributed by atoms with Crippen LogP contribution in [0.3, 0.4) is 0 Å². The largest absolute Gasteiger partial charge is 0.274 e. The Hall–Kier alpha value is -2.84. The number of H-pyrrole nitrogens is 1. The molecule has 5 rings (SSSR count). The van der Waals surface area contributed by atoms with E-state index >= 15 is 0 Å². The van der Waals surface area contributed by atoms with E-state index in [4.69, 9.17) is 0 Å². The SMILES string of the molecule is c1ccc(-c2cc(-c3nnc4sc(-c5cccs5)nn34)[nH]n2)cc1. The number of nitrogens with one attached hydrogen (secondary N) is 1. The lowest BCUT2D eigenvalue weighted by Gasteiger charge is -1.93. The summed E-state index contributed by atoms with van der Waals surface area (Å²) in [6, 6.07) is 16.1. The number of thiophene rings is 1. The van der Waals surface area contributed by atoms with Crippen LogP contribution in [0.4, 0.5) is 0 Å². The van der Waals surface area contributed by atoms with Crippen molar-refractivity contribution in [1.29, 1.82) is 0 Å². The first-order valence-electron chi connectivity index (χ1n) is 7.26. The molecule has 4 heterocycles. The molecule has 0 fully saturated rings. The summed E-state index contributed by atoms with van der Waals surface area (Å²) >= 11 is 3.19. The molecule has 0 saturated heterocycles. The highest BCUT2D eigenvalue weighted by atomic mass is 32.1. The first-order chi connectivity index (χ1) is 11.9. The molecule has 1 aromatic carbocycles. The van der Waals surface area contributed by atoms with E-state index in [1.54, 1.807) is 15.9 Å². The summed E-state index contributed by atoms with van der Waals surface area (Å²) in [7, 11) is 0. The van der Waals surface area contributed by atoms with Crippen LogP contribution in [0, 0.1) is 0 Å². The van der Waals surface area contributed by atoms with Gasteiger partial charge in [-0.3, -0.25) is 5.10 Å². The van der Waals surface area contributed by atoms with Gasteiger partial charge in [0, 0.05) is 5.56 Å². The highest BCUT2D eigenvalue weighted by Gasteiger charge is 2.17. The van der Waals surface area contributed by atoms with Crippen LogP contribution >= 0.6 is 22.7 Å². The van der Waals surface area contributed by atoms with Gasteiger partial charge >= 0.3 is 0 Å². The maximum atomic E-state index is 4.65. The maximum absolute atomic E-state index is 4.65. The van der Waals surface area contributed by atoms with Crippen LogP contribution < -0.4 is 0 Å². The lowest BCUT2D eigenvalue weighted by Crippen LogP contribution is -1.90. The Morgan fingerprint density at radius 2 is 1.92 bits per heavy atom. The molecule has 6 nitrogen and oxygen atoms in total. The van der Waals surface area contributed by atoms with Crippen LogP contribution in [0.2, 0.25) is 0 Å². The van der Waals surface area contributed by atoms with Crippen LogP contribution in [0.25, 0.3) is 37.6 Å². The topological polar surface area (TPSA) is 71.8 Å². The highest BCUT2D eigenvalue weighted by molar-refractivity contribution is 7.23. The smallest absolute Gasteiger partial charge is 0.235 e. The quantitative estimate of drug-likeness (QED) is 0.534. The molecule has 8 heteroatoms. The number of hydrogen-bond donors (Lipinski definition) is 1. The number of nitrogens with zero attached hydrogens (tertiary/aromatic N) is 5. The van der Waals surface area contributed by atoms with Crippen molar-refractivity contribution in [2.24, 2.45) is 0 Å². The Morgan fingerprint density at radius 3 is 2.75 bits per heavy atom. The van der Waals surface area contributed by atoms with Crippen molar-refractivity contribution in [3.8, 4) is 32.7 Å². The van der Waals surface area contributed by atoms with Gasteiger partial charge < -0.3 is 0 Å². The minimum Gasteiger partial charge on any atom is -0.274 e. The van der Waals surface area contributed by atoms with E-state index in [-0.39, 0.29) is 0 Å². The van der Waals surface area contributed by atoms with Crippen molar-refractivity contribution in [3.63, 3.8) is 0 Å². The van der Waals surface area contributed by atoms with E-state index in [0.29, 0.717) is 5.82 Å². The van der Waals surface area contributed by atoms with E-state index in [9.17, 15) is 0 Å². The molecule has 0 bridgehead atoms. The van der Waals surface area contributed by atoms with Gasteiger partial charge in [-0.2, -0.15) is 14.7 Å². The number of hydrogen-bond acceptors (Lipinski definition) is 6. The summed E-state index contributed by atoms with van der Waals surface area (Å²) in [6.45, 7) is 0. The summed E-state index contributed by atoms with van der Waals surface area (Å²) < 4.78 is 1.77. The van der Waals surface area contributed by atoms with Gasteiger partial charge in [-0.15, -0.1) is 21.5 Å². The molecule has 116 valence electrons. The molecule has 0 radical (unpaired) electrons. The molecule has 0 spiro atoms. The monoisotopic (exact) mass is 350 g/mol. The lowest BCUT2D eigenvalue weighted by molar-refractivity contribution is 0.956. The fourth-order valence-electron chi connectivity index (χ4n) is 2.48. The number of aromatic nitrogens is 6. The Morgan fingerprint density at radius 1 is 1.00 bits per heavy atom. The third-order valence-electron chi connectivity index (χ3n) is 3.61. The third-order valence-corrected chi connectivity index (χ3v) is 5.55. The van der Waals surface area contributed by atoms with Gasteiger partial charge in [0.25, 0.3) is 0 Å². The second-order valence-corrected chi connectivity index (χ2v) is 7.04. The standard InChI is InChI=1S/C16H10N6S2/c1-2-5-10(6-3-1)11-9-12(18-17-11)14-19-20-16-22(14)21-15(24-16)13-7-4-8-23-13/h1-9H,(H,17,18). The predicted molar refractivity (Wildman–Crippen MR) is 95.0 cm³/mol. The van der Waals surface area contributed by atoms with Crippen LogP contribution in [0.5, 0.6) is 0 Å². The molecule has 0 aliphatic heterocycles. The first-order valence-corrected chi connectivity index (χ1v) is 8.95. The molecule has 4 aromatic heterocycles. The summed E-state index contributed by atoms with van der Waals surface area (Å²) in [4.78, 5) is 1.90. The van der Waals surface area contributed by atoms with Gasteiger partial charge in [-0.05, 0) is 17.5 Å². The molecule has 0 unspecified atom stereocenters. The fourth-order valence-corrected chi connectivity index (χ4v) is 4.11. The Bertz CT molecular complexity index is 1100. The molecule has 5 aromatic rings. The Balaban J connectivity index is 1.59. The normalized spacial score (nSPS) is 11.3. The molecular weight excluding hydrogens is 340 g/mol. The molecule has 0 atom stereocenters. The van der Waals surface area contributed by atoms with Gasteiger partial charge in [0.2, 0.25) is 10.8 Å². The van der Waals surface area contributed by atoms with Crippen molar-refractivity contribution in [2.45, 2.75) is 0 Å². The molecule has 0 aliphatic carbocycles. The third kappa shape index (κ3) is 2.15. The molecule has 0 saturated carbocycles. The molecule has 1 N–H and O–H groups in total. The van der Waals surface area contributed by atoms with Crippen LogP contribution in [0.1, 0.15) is 0 Å². The molecular formula is C16H10N6S2. The Labute approximate surface area is 144 Å². The summed E-state index contributed by atoms with van der Waals surface area (Å²) in [5.74, 6) is 0.665. The minimum absolute atomic E-state index is 0.665. The number of aromatic amines is 1. The number of rotatable bonds is 3. The van der Waals surface area contributed by atoms with Gasteiger partial charge in [0.15, 0.2) is 5.01 Å². The van der Waals surface area contributed by atoms with Gasteiger partial charge in [-0.25, -0.2) is 0 Å². The van der Waals surface area contributed by atoms with E-state index in [2.05, 4.69) is 31.6 Å². The highest BCUT2D eigenvalue weighted by Crippen LogP contribution is 2.31. The molecule has 0 amide bonds. The zero-order chi connectivity index (χ0) is 15.9. The first kappa shape index (κ1) is 13.6. The van der Waals surface area contributed by atoms with Crippen LogP contribution in [0.15, 0.2) is 53.9 Å². The van der Waals surface area contributed by atoms with Crippen molar-refractivity contribution in [3.05, 3.63) is 53.9 Å². The number of fused-ring (bicyclic) bond motifs is 1. The van der Waals surface area contributed by atoms with E-state index in [1.165, 1.54) is 11.3 Å². The lowest BCUT2D eigenvalue weighted by atomic mass is 10.1. The van der Waals surface area contributed by atoms with Gasteiger partial charge in [0.1, 0.15) is 5.69 Å². The summed E-state index contributed by atoms with van der Waals surface area (Å²) in [5, 5.41) is 23.5. The zero-order valence-electron chi connectivity index (χ0n) is 12.2. The predicted octanol–water partition coefficient (Wildman–Crippen LogP) is 3.97. The van der Waals surface area contributed by atoms with Crippen molar-refractivity contribution in [2.75, 3.05) is 0 Å². The maximum Gasteiger partial charge on any atom is 0.235 e. The van der Waals surface area contributed by atoms with Crippen LogP contribution in [-0.2, 0) is 0 Å². The van der Waals surface area contributed by atoms with Crippen molar-refractivity contribution >= 4 is 27.6 Å². The Kier molecular flexibility index (Phi) is 3.03. The zero-order valence-corrected chi connectivity index (χ0v) is 13.9. The molecule has 24 heavy (non-hydrogen) atoms. The summed E-state index contributed by atoms with van der Waals surface area (Å²) in [6.07, 6.45) is 0. The van der Waals surface area contributed by atoms with Crippen LogP contribution in [-0.4, -0.2) is 30.0 Å². The van der Waals surface area contributed by atoms with E-state index < -0.39 is 0 Å². The van der Waals surface area contributed by atoms with E-state index in [1.807, 2.05) is 47.8 Å². The molecule has 0 aliphatic rings. The average molecular weight is 350 g/mol. The van der Waals surface area contributed by atoms with Gasteiger partial charge in [0.05, 0.1) is 10.6 Å². The van der Waals surface area contributed by atoms with Crippen molar-refractivity contribution < 1.29 is 0 Å². The number of benzene rings is 1. The summed E-state index contributed by atoms with van der Waals surface area (Å²) in [5.41, 5.74) is 2.72. The fraction of sp³-hybridized carbons (Fsp3) is 0. The second kappa shape index (κ2) is 5.36. The van der Waals surface area contributed by atoms with E-state index in [0.717, 1.165) is 31.8 Å². The second-order valence-electron chi connectivity index (χ2n) is 5.14. The average Bonchev–Trinajstić information content (AvgIpc) is 3.37. The minimum atomic E-state index is 0.665.